The van der Waals surface area contributed by atoms with Crippen molar-refractivity contribution < 1.29 is 27.1 Å². The molecule has 8 heteroatoms. The zero-order valence-electron chi connectivity index (χ0n) is 11.9. The van der Waals surface area contributed by atoms with Gasteiger partial charge in [0, 0.05) is 25.2 Å². The average molecular weight is 326 g/mol. The molecule has 1 aliphatic rings. The number of hydrogen-bond donors (Lipinski definition) is 0. The Morgan fingerprint density at radius 3 is 2.78 bits per heavy atom. The average Bonchev–Trinajstić information content (AvgIpc) is 3.18. The first-order chi connectivity index (χ1) is 10.9. The highest BCUT2D eigenvalue weighted by molar-refractivity contribution is 5.91. The van der Waals surface area contributed by atoms with E-state index in [1.807, 2.05) is 0 Å². The van der Waals surface area contributed by atoms with Crippen molar-refractivity contribution in [3.63, 3.8) is 0 Å². The number of halogens is 3. The summed E-state index contributed by atoms with van der Waals surface area (Å²) in [5, 5.41) is 0. The van der Waals surface area contributed by atoms with Crippen molar-refractivity contribution in [1.29, 1.82) is 0 Å². The molecule has 0 aliphatic carbocycles. The third-order valence-electron chi connectivity index (χ3n) is 3.52. The lowest BCUT2D eigenvalue weighted by Gasteiger charge is -2.16. The van der Waals surface area contributed by atoms with E-state index >= 15 is 0 Å². The van der Waals surface area contributed by atoms with Gasteiger partial charge in [-0.1, -0.05) is 0 Å². The minimum Gasteiger partial charge on any atom is -0.472 e. The third-order valence-corrected chi connectivity index (χ3v) is 3.52. The highest BCUT2D eigenvalue weighted by atomic mass is 19.4. The summed E-state index contributed by atoms with van der Waals surface area (Å²) < 4.78 is 48.0. The maximum Gasteiger partial charge on any atom is 0.417 e. The second-order valence-corrected chi connectivity index (χ2v) is 5.14. The van der Waals surface area contributed by atoms with Crippen molar-refractivity contribution in [3.05, 3.63) is 48.0 Å². The van der Waals surface area contributed by atoms with Gasteiger partial charge in [-0.3, -0.25) is 4.79 Å². The predicted octanol–water partition coefficient (Wildman–Crippen LogP) is 2.99. The Morgan fingerprint density at radius 1 is 1.35 bits per heavy atom. The monoisotopic (exact) mass is 326 g/mol. The summed E-state index contributed by atoms with van der Waals surface area (Å²) in [5.74, 6) is 0.120. The van der Waals surface area contributed by atoms with Crippen molar-refractivity contribution in [3.8, 4) is 5.88 Å². The number of ether oxygens (including phenoxy) is 1. The van der Waals surface area contributed by atoms with Crippen molar-refractivity contribution in [2.24, 2.45) is 0 Å². The van der Waals surface area contributed by atoms with E-state index in [9.17, 15) is 18.0 Å². The van der Waals surface area contributed by atoms with Gasteiger partial charge in [-0.05, 0) is 18.2 Å². The Kier molecular flexibility index (Phi) is 3.97. The molecule has 2 aromatic heterocycles. The maximum absolute atomic E-state index is 12.5. The Bertz CT molecular complexity index is 668. The van der Waals surface area contributed by atoms with Gasteiger partial charge in [0.05, 0.1) is 18.4 Å². The summed E-state index contributed by atoms with van der Waals surface area (Å²) in [6.45, 7) is 0.826. The first-order valence-electron chi connectivity index (χ1n) is 6.96. The van der Waals surface area contributed by atoms with E-state index in [4.69, 9.17) is 9.15 Å². The molecular formula is C15H13F3N2O3. The van der Waals surface area contributed by atoms with Gasteiger partial charge in [0.1, 0.15) is 6.10 Å². The van der Waals surface area contributed by atoms with Crippen molar-refractivity contribution in [2.45, 2.75) is 18.7 Å². The second-order valence-electron chi connectivity index (χ2n) is 5.14. The van der Waals surface area contributed by atoms with E-state index in [0.717, 1.165) is 12.3 Å². The summed E-state index contributed by atoms with van der Waals surface area (Å²) >= 11 is 0. The van der Waals surface area contributed by atoms with Crippen LogP contribution in [0.5, 0.6) is 5.88 Å². The lowest BCUT2D eigenvalue weighted by molar-refractivity contribution is -0.137. The number of likely N-dealkylation sites (tertiary alicyclic amines) is 1. The fourth-order valence-electron chi connectivity index (χ4n) is 2.35. The number of furan rings is 1. The number of pyridine rings is 1. The van der Waals surface area contributed by atoms with E-state index < -0.39 is 11.7 Å². The molecule has 5 nitrogen and oxygen atoms in total. The smallest absolute Gasteiger partial charge is 0.417 e. The largest absolute Gasteiger partial charge is 0.472 e. The predicted molar refractivity (Wildman–Crippen MR) is 72.9 cm³/mol. The number of carbonyl (C=O) groups excluding carboxylic acids is 1. The molecule has 0 radical (unpaired) electrons. The number of aromatic nitrogens is 1. The third kappa shape index (κ3) is 3.46. The number of carbonyl (C=O) groups is 1. The molecule has 1 aliphatic heterocycles. The van der Waals surface area contributed by atoms with Gasteiger partial charge in [0.25, 0.3) is 5.91 Å². The minimum absolute atomic E-state index is 0.107. The first kappa shape index (κ1) is 15.4. The molecule has 3 heterocycles. The summed E-state index contributed by atoms with van der Waals surface area (Å²) in [6.07, 6.45) is -2.00. The number of amides is 1. The molecule has 0 N–H and O–H groups in total. The van der Waals surface area contributed by atoms with E-state index in [0.29, 0.717) is 19.5 Å². The van der Waals surface area contributed by atoms with Crippen LogP contribution in [0.15, 0.2) is 41.1 Å². The molecule has 3 rings (SSSR count). The Morgan fingerprint density at radius 2 is 2.17 bits per heavy atom. The molecule has 0 saturated carbocycles. The molecule has 1 unspecified atom stereocenters. The quantitative estimate of drug-likeness (QED) is 0.870. The summed E-state index contributed by atoms with van der Waals surface area (Å²) in [5.41, 5.74) is -0.828. The van der Waals surface area contributed by atoms with E-state index in [1.165, 1.54) is 12.3 Å². The molecule has 0 spiro atoms. The van der Waals surface area contributed by atoms with Gasteiger partial charge in [-0.25, -0.2) is 4.98 Å². The molecule has 1 amide bonds. The first-order valence-corrected chi connectivity index (χ1v) is 6.96. The van der Waals surface area contributed by atoms with Crippen LogP contribution in [0.4, 0.5) is 13.2 Å². The molecule has 1 atom stereocenters. The number of rotatable bonds is 3. The number of hydrogen-bond acceptors (Lipinski definition) is 4. The summed E-state index contributed by atoms with van der Waals surface area (Å²) in [6, 6.07) is 5.31. The van der Waals surface area contributed by atoms with Gasteiger partial charge in [0.2, 0.25) is 5.88 Å². The topological polar surface area (TPSA) is 55.6 Å². The maximum atomic E-state index is 12.5. The fourth-order valence-corrected chi connectivity index (χ4v) is 2.35. The number of alkyl halides is 3. The number of nitrogens with zero attached hydrogens (tertiary/aromatic N) is 2. The van der Waals surface area contributed by atoms with Gasteiger partial charge in [-0.2, -0.15) is 13.2 Å². The molecule has 1 saturated heterocycles. The van der Waals surface area contributed by atoms with Crippen molar-refractivity contribution in [1.82, 2.24) is 9.88 Å². The lowest BCUT2D eigenvalue weighted by atomic mass is 10.3. The Balaban J connectivity index is 1.59. The zero-order valence-corrected chi connectivity index (χ0v) is 11.9. The Hall–Kier alpha value is -2.51. The molecule has 2 aromatic rings. The Labute approximate surface area is 129 Å². The molecule has 0 aromatic carbocycles. The van der Waals surface area contributed by atoms with Crippen molar-refractivity contribution >= 4 is 5.91 Å². The van der Waals surface area contributed by atoms with Crippen LogP contribution in [0.3, 0.4) is 0 Å². The standard InChI is InChI=1S/C15H13F3N2O3/c16-15(17,18)10-3-4-13(19-8-10)23-11-5-6-20(9-11)14(21)12-2-1-7-22-12/h1-4,7-8,11H,5-6,9H2. The van der Waals surface area contributed by atoms with Crippen LogP contribution in [-0.2, 0) is 6.18 Å². The van der Waals surface area contributed by atoms with E-state index in [-0.39, 0.29) is 23.7 Å². The van der Waals surface area contributed by atoms with Gasteiger partial charge in [-0.15, -0.1) is 0 Å². The van der Waals surface area contributed by atoms with Crippen LogP contribution < -0.4 is 4.74 Å². The normalized spacial score (nSPS) is 18.2. The molecule has 23 heavy (non-hydrogen) atoms. The van der Waals surface area contributed by atoms with Gasteiger partial charge >= 0.3 is 6.18 Å². The molecule has 1 fully saturated rings. The van der Waals surface area contributed by atoms with Crippen LogP contribution in [-0.4, -0.2) is 35.0 Å². The lowest BCUT2D eigenvalue weighted by Crippen LogP contribution is -2.30. The summed E-state index contributed by atoms with van der Waals surface area (Å²) in [4.78, 5) is 17.3. The van der Waals surface area contributed by atoms with E-state index in [2.05, 4.69) is 4.98 Å². The minimum atomic E-state index is -4.43. The van der Waals surface area contributed by atoms with E-state index in [1.54, 1.807) is 17.0 Å². The van der Waals surface area contributed by atoms with Crippen LogP contribution in [0.2, 0.25) is 0 Å². The van der Waals surface area contributed by atoms with Crippen LogP contribution in [0, 0.1) is 0 Å². The molecule has 122 valence electrons. The van der Waals surface area contributed by atoms with Gasteiger partial charge < -0.3 is 14.1 Å². The zero-order chi connectivity index (χ0) is 16.4. The molecular weight excluding hydrogens is 313 g/mol. The highest BCUT2D eigenvalue weighted by Crippen LogP contribution is 2.29. The second kappa shape index (κ2) is 5.94. The van der Waals surface area contributed by atoms with Crippen LogP contribution in [0.1, 0.15) is 22.5 Å². The summed E-state index contributed by atoms with van der Waals surface area (Å²) in [7, 11) is 0. The fraction of sp³-hybridized carbons (Fsp3) is 0.333. The SMILES string of the molecule is O=C(c1ccco1)N1CCC(Oc2ccc(C(F)(F)F)cn2)C1. The van der Waals surface area contributed by atoms with Crippen LogP contribution in [0.25, 0.3) is 0 Å². The highest BCUT2D eigenvalue weighted by Gasteiger charge is 2.32. The van der Waals surface area contributed by atoms with Gasteiger partial charge in [0.15, 0.2) is 5.76 Å². The van der Waals surface area contributed by atoms with Crippen molar-refractivity contribution in [2.75, 3.05) is 13.1 Å². The molecule has 0 bridgehead atoms. The van der Waals surface area contributed by atoms with Crippen LogP contribution >= 0.6 is 0 Å².